The predicted molar refractivity (Wildman–Crippen MR) is 57.4 cm³/mol. The monoisotopic (exact) mass is 196 g/mol. The quantitative estimate of drug-likeness (QED) is 0.574. The van der Waals surface area contributed by atoms with Gasteiger partial charge in [-0.15, -0.1) is 0 Å². The van der Waals surface area contributed by atoms with Crippen LogP contribution in [-0.2, 0) is 0 Å². The maximum absolute atomic E-state index is 5.83. The molecule has 0 spiro atoms. The molecule has 2 nitrogen and oxygen atoms in total. The zero-order valence-electron chi connectivity index (χ0n) is 7.60. The van der Waals surface area contributed by atoms with Crippen molar-refractivity contribution in [1.29, 1.82) is 0 Å². The molecule has 3 heteroatoms. The minimum atomic E-state index is 0.586. The molecule has 1 rings (SSSR count). The Labute approximate surface area is 83.4 Å². The first kappa shape index (κ1) is 10.3. The Morgan fingerprint density at radius 1 is 1.62 bits per heavy atom. The first-order valence-electron chi connectivity index (χ1n) is 4.03. The second-order valence-electron chi connectivity index (χ2n) is 2.94. The highest BCUT2D eigenvalue weighted by Gasteiger charge is 2.02. The number of rotatable bonds is 3. The molecule has 0 aliphatic rings. The number of aryl methyl sites for hydroxylation is 1. The van der Waals surface area contributed by atoms with Crippen LogP contribution in [0.1, 0.15) is 11.1 Å². The van der Waals surface area contributed by atoms with Crippen molar-refractivity contribution in [3.05, 3.63) is 40.9 Å². The minimum absolute atomic E-state index is 0.586. The van der Waals surface area contributed by atoms with E-state index >= 15 is 0 Å². The molecule has 13 heavy (non-hydrogen) atoms. The van der Waals surface area contributed by atoms with Crippen LogP contribution in [-0.4, -0.2) is 6.54 Å². The van der Waals surface area contributed by atoms with Crippen molar-refractivity contribution in [3.8, 4) is 0 Å². The molecular formula is C10H13ClN2. The lowest BCUT2D eigenvalue weighted by molar-refractivity contribution is 0.833. The van der Waals surface area contributed by atoms with Gasteiger partial charge in [-0.25, -0.2) is 0 Å². The van der Waals surface area contributed by atoms with Gasteiger partial charge in [0.1, 0.15) is 0 Å². The van der Waals surface area contributed by atoms with E-state index in [1.165, 1.54) is 0 Å². The van der Waals surface area contributed by atoms with E-state index in [-0.39, 0.29) is 0 Å². The van der Waals surface area contributed by atoms with Gasteiger partial charge < -0.3 is 0 Å². The Kier molecular flexibility index (Phi) is 3.48. The van der Waals surface area contributed by atoms with E-state index in [0.29, 0.717) is 6.54 Å². The van der Waals surface area contributed by atoms with Crippen LogP contribution in [0, 0.1) is 6.92 Å². The summed E-state index contributed by atoms with van der Waals surface area (Å²) in [7, 11) is 0. The minimum Gasteiger partial charge on any atom is -0.271 e. The van der Waals surface area contributed by atoms with E-state index in [4.69, 9.17) is 17.4 Å². The molecule has 0 aliphatic heterocycles. The van der Waals surface area contributed by atoms with Gasteiger partial charge in [0.15, 0.2) is 0 Å². The van der Waals surface area contributed by atoms with Gasteiger partial charge >= 0.3 is 0 Å². The van der Waals surface area contributed by atoms with Crippen LogP contribution in [0.15, 0.2) is 24.8 Å². The van der Waals surface area contributed by atoms with E-state index in [0.717, 1.165) is 21.7 Å². The van der Waals surface area contributed by atoms with Crippen LogP contribution in [0.4, 0.5) is 0 Å². The first-order chi connectivity index (χ1) is 6.15. The van der Waals surface area contributed by atoms with Gasteiger partial charge in [0.05, 0.1) is 0 Å². The number of hydrazine groups is 1. The molecule has 0 atom stereocenters. The highest BCUT2D eigenvalue weighted by atomic mass is 35.5. The lowest BCUT2D eigenvalue weighted by Gasteiger charge is -2.08. The van der Waals surface area contributed by atoms with Gasteiger partial charge in [-0.05, 0) is 35.8 Å². The third-order valence-corrected chi connectivity index (χ3v) is 2.12. The van der Waals surface area contributed by atoms with Crippen molar-refractivity contribution >= 4 is 17.2 Å². The zero-order valence-corrected chi connectivity index (χ0v) is 8.36. The van der Waals surface area contributed by atoms with Crippen molar-refractivity contribution in [2.75, 3.05) is 6.54 Å². The van der Waals surface area contributed by atoms with Gasteiger partial charge in [-0.1, -0.05) is 24.2 Å². The Morgan fingerprint density at radius 3 is 2.85 bits per heavy atom. The average Bonchev–Trinajstić information content (AvgIpc) is 2.04. The van der Waals surface area contributed by atoms with Gasteiger partial charge in [-0.3, -0.25) is 11.3 Å². The number of halogens is 1. The van der Waals surface area contributed by atoms with Crippen LogP contribution in [0.3, 0.4) is 0 Å². The molecule has 3 N–H and O–H groups in total. The van der Waals surface area contributed by atoms with Crippen molar-refractivity contribution in [1.82, 2.24) is 5.43 Å². The molecule has 0 aliphatic carbocycles. The van der Waals surface area contributed by atoms with E-state index in [2.05, 4.69) is 12.0 Å². The summed E-state index contributed by atoms with van der Waals surface area (Å²) in [6, 6.07) is 5.72. The molecule has 0 aromatic heterocycles. The number of hydrogen-bond donors (Lipinski definition) is 2. The maximum Gasteiger partial charge on any atom is 0.0409 e. The lowest BCUT2D eigenvalue weighted by atomic mass is 10.0. The summed E-state index contributed by atoms with van der Waals surface area (Å²) < 4.78 is 0. The SMILES string of the molecule is C=C(CNN)c1ccc(Cl)cc1C. The third kappa shape index (κ3) is 2.56. The number of nitrogens with one attached hydrogen (secondary N) is 1. The highest BCUT2D eigenvalue weighted by molar-refractivity contribution is 6.30. The molecular weight excluding hydrogens is 184 g/mol. The molecule has 70 valence electrons. The number of hydrogen-bond acceptors (Lipinski definition) is 2. The van der Waals surface area contributed by atoms with Gasteiger partial charge in [-0.2, -0.15) is 0 Å². The Hall–Kier alpha value is -0.830. The van der Waals surface area contributed by atoms with Crippen LogP contribution < -0.4 is 11.3 Å². The molecule has 0 amide bonds. The van der Waals surface area contributed by atoms with Crippen LogP contribution >= 0.6 is 11.6 Å². The average molecular weight is 197 g/mol. The van der Waals surface area contributed by atoms with Crippen LogP contribution in [0.2, 0.25) is 5.02 Å². The fourth-order valence-corrected chi connectivity index (χ4v) is 1.47. The Balaban J connectivity index is 2.95. The third-order valence-electron chi connectivity index (χ3n) is 1.88. The van der Waals surface area contributed by atoms with Crippen LogP contribution in [0.5, 0.6) is 0 Å². The summed E-state index contributed by atoms with van der Waals surface area (Å²) in [6.45, 7) is 6.51. The molecule has 0 fully saturated rings. The van der Waals surface area contributed by atoms with E-state index in [1.54, 1.807) is 0 Å². The normalized spacial score (nSPS) is 10.1. The topological polar surface area (TPSA) is 38.0 Å². The van der Waals surface area contributed by atoms with Gasteiger partial charge in [0, 0.05) is 11.6 Å². The maximum atomic E-state index is 5.83. The molecule has 0 bridgehead atoms. The van der Waals surface area contributed by atoms with Crippen molar-refractivity contribution in [2.45, 2.75) is 6.92 Å². The fourth-order valence-electron chi connectivity index (χ4n) is 1.24. The summed E-state index contributed by atoms with van der Waals surface area (Å²) in [4.78, 5) is 0. The zero-order chi connectivity index (χ0) is 9.84. The van der Waals surface area contributed by atoms with E-state index in [9.17, 15) is 0 Å². The van der Waals surface area contributed by atoms with Gasteiger partial charge in [0.2, 0.25) is 0 Å². The molecule has 0 saturated heterocycles. The number of benzene rings is 1. The molecule has 1 aromatic carbocycles. The lowest BCUT2D eigenvalue weighted by Crippen LogP contribution is -2.23. The van der Waals surface area contributed by atoms with Crippen LogP contribution in [0.25, 0.3) is 5.57 Å². The summed E-state index contributed by atoms with van der Waals surface area (Å²) in [5, 5.41) is 0.745. The largest absolute Gasteiger partial charge is 0.271 e. The second kappa shape index (κ2) is 4.42. The predicted octanol–water partition coefficient (Wildman–Crippen LogP) is 2.12. The van der Waals surface area contributed by atoms with E-state index < -0.39 is 0 Å². The summed E-state index contributed by atoms with van der Waals surface area (Å²) in [6.07, 6.45) is 0. The van der Waals surface area contributed by atoms with Crippen molar-refractivity contribution < 1.29 is 0 Å². The fraction of sp³-hybridized carbons (Fsp3) is 0.200. The van der Waals surface area contributed by atoms with E-state index in [1.807, 2.05) is 25.1 Å². The first-order valence-corrected chi connectivity index (χ1v) is 4.40. The Morgan fingerprint density at radius 2 is 2.31 bits per heavy atom. The summed E-state index contributed by atoms with van der Waals surface area (Å²) >= 11 is 5.83. The second-order valence-corrected chi connectivity index (χ2v) is 3.38. The van der Waals surface area contributed by atoms with Crippen molar-refractivity contribution in [2.24, 2.45) is 5.84 Å². The molecule has 0 unspecified atom stereocenters. The Bertz CT molecular complexity index is 321. The van der Waals surface area contributed by atoms with Gasteiger partial charge in [0.25, 0.3) is 0 Å². The standard InChI is InChI=1S/C10H13ClN2/c1-7-5-9(11)3-4-10(7)8(2)6-13-12/h3-5,13H,2,6,12H2,1H3. The summed E-state index contributed by atoms with van der Waals surface area (Å²) in [5.41, 5.74) is 5.76. The molecule has 0 heterocycles. The smallest absolute Gasteiger partial charge is 0.0409 e. The molecule has 1 aromatic rings. The molecule has 0 radical (unpaired) electrons. The molecule has 0 saturated carbocycles. The highest BCUT2D eigenvalue weighted by Crippen LogP contribution is 2.20. The number of nitrogens with two attached hydrogens (primary N) is 1. The van der Waals surface area contributed by atoms with Crippen molar-refractivity contribution in [3.63, 3.8) is 0 Å². The summed E-state index contributed by atoms with van der Waals surface area (Å²) in [5.74, 6) is 5.21.